The first kappa shape index (κ1) is 18.9. The van der Waals surface area contributed by atoms with Gasteiger partial charge in [-0.25, -0.2) is 9.97 Å². The van der Waals surface area contributed by atoms with E-state index >= 15 is 0 Å². The van der Waals surface area contributed by atoms with Gasteiger partial charge in [-0.2, -0.15) is 0 Å². The summed E-state index contributed by atoms with van der Waals surface area (Å²) in [5, 5.41) is 2.33. The Balaban J connectivity index is 1.41. The van der Waals surface area contributed by atoms with Gasteiger partial charge in [-0.3, -0.25) is 4.79 Å². The van der Waals surface area contributed by atoms with E-state index < -0.39 is 0 Å². The molecule has 2 aromatic heterocycles. The molecule has 2 fully saturated rings. The third-order valence-electron chi connectivity index (χ3n) is 6.55. The van der Waals surface area contributed by atoms with E-state index in [0.29, 0.717) is 11.7 Å². The third-order valence-corrected chi connectivity index (χ3v) is 8.66. The Kier molecular flexibility index (Phi) is 5.12. The van der Waals surface area contributed by atoms with Gasteiger partial charge < -0.3 is 4.90 Å². The SMILES string of the molecule is CC1CCN(C(=O)CSc2nc(C3CC3)nc3sc4c(c23)CC[C@H](C)C4)CC1. The van der Waals surface area contributed by atoms with E-state index in [1.54, 1.807) is 11.8 Å². The van der Waals surface area contributed by atoms with Gasteiger partial charge in [0, 0.05) is 29.3 Å². The number of nitrogens with zero attached hydrogens (tertiary/aromatic N) is 3. The van der Waals surface area contributed by atoms with Gasteiger partial charge in [-0.1, -0.05) is 25.6 Å². The first-order valence-electron chi connectivity index (χ1n) is 10.8. The molecule has 4 nitrogen and oxygen atoms in total. The van der Waals surface area contributed by atoms with Crippen molar-refractivity contribution in [3.05, 3.63) is 16.3 Å². The van der Waals surface area contributed by atoms with Crippen molar-refractivity contribution in [1.29, 1.82) is 0 Å². The number of thiophene rings is 1. The van der Waals surface area contributed by atoms with Gasteiger partial charge in [0.1, 0.15) is 15.7 Å². The van der Waals surface area contributed by atoms with Gasteiger partial charge in [-0.05, 0) is 62.3 Å². The van der Waals surface area contributed by atoms with Crippen molar-refractivity contribution >= 4 is 39.2 Å². The van der Waals surface area contributed by atoms with Gasteiger partial charge in [-0.15, -0.1) is 11.3 Å². The Bertz CT molecular complexity index is 897. The Morgan fingerprint density at radius 2 is 1.89 bits per heavy atom. The molecule has 3 aliphatic rings. The molecule has 0 aromatic carbocycles. The lowest BCUT2D eigenvalue weighted by atomic mass is 9.89. The van der Waals surface area contributed by atoms with Crippen LogP contribution in [-0.2, 0) is 17.6 Å². The molecule has 1 aliphatic heterocycles. The summed E-state index contributed by atoms with van der Waals surface area (Å²) in [4.78, 5) is 27.4. The molecule has 0 unspecified atom stereocenters. The maximum Gasteiger partial charge on any atom is 0.232 e. The molecular weight excluding hydrogens is 386 g/mol. The zero-order valence-electron chi connectivity index (χ0n) is 16.9. The van der Waals surface area contributed by atoms with Crippen LogP contribution in [0.25, 0.3) is 10.2 Å². The molecule has 0 spiro atoms. The van der Waals surface area contributed by atoms with Crippen LogP contribution in [0.4, 0.5) is 0 Å². The second-order valence-corrected chi connectivity index (χ2v) is 11.1. The molecule has 0 N–H and O–H groups in total. The smallest absolute Gasteiger partial charge is 0.232 e. The summed E-state index contributed by atoms with van der Waals surface area (Å²) in [6, 6.07) is 0. The van der Waals surface area contributed by atoms with Gasteiger partial charge in [0.2, 0.25) is 5.91 Å². The quantitative estimate of drug-likeness (QED) is 0.518. The number of thioether (sulfide) groups is 1. The van der Waals surface area contributed by atoms with Crippen LogP contribution in [0.1, 0.15) is 68.1 Å². The van der Waals surface area contributed by atoms with Gasteiger partial charge in [0.25, 0.3) is 0 Å². The topological polar surface area (TPSA) is 46.1 Å². The highest BCUT2D eigenvalue weighted by Gasteiger charge is 2.30. The number of likely N-dealkylation sites (tertiary alicyclic amines) is 1. The van der Waals surface area contributed by atoms with Crippen molar-refractivity contribution in [2.24, 2.45) is 11.8 Å². The molecule has 1 amide bonds. The molecule has 1 atom stereocenters. The minimum absolute atomic E-state index is 0.273. The van der Waals surface area contributed by atoms with Crippen LogP contribution in [0.5, 0.6) is 0 Å². The lowest BCUT2D eigenvalue weighted by Crippen LogP contribution is -2.38. The Morgan fingerprint density at radius 1 is 1.11 bits per heavy atom. The molecule has 0 radical (unpaired) electrons. The van der Waals surface area contributed by atoms with Crippen LogP contribution in [0, 0.1) is 11.8 Å². The van der Waals surface area contributed by atoms with Crippen LogP contribution in [0.3, 0.4) is 0 Å². The van der Waals surface area contributed by atoms with E-state index in [0.717, 1.165) is 59.9 Å². The highest BCUT2D eigenvalue weighted by molar-refractivity contribution is 8.00. The van der Waals surface area contributed by atoms with Crippen LogP contribution in [0.15, 0.2) is 5.03 Å². The van der Waals surface area contributed by atoms with Crippen LogP contribution < -0.4 is 0 Å². The van der Waals surface area contributed by atoms with Crippen molar-refractivity contribution in [3.8, 4) is 0 Å². The van der Waals surface area contributed by atoms with Crippen LogP contribution in [-0.4, -0.2) is 39.6 Å². The van der Waals surface area contributed by atoms with Crippen molar-refractivity contribution in [2.75, 3.05) is 18.8 Å². The predicted molar refractivity (Wildman–Crippen MR) is 116 cm³/mol. The summed E-state index contributed by atoms with van der Waals surface area (Å²) in [7, 11) is 0. The van der Waals surface area contributed by atoms with E-state index in [1.165, 1.54) is 41.5 Å². The number of hydrogen-bond donors (Lipinski definition) is 0. The molecule has 1 saturated heterocycles. The molecular formula is C22H29N3OS2. The molecule has 6 heteroatoms. The zero-order chi connectivity index (χ0) is 19.3. The fraction of sp³-hybridized carbons (Fsp3) is 0.682. The second kappa shape index (κ2) is 7.60. The highest BCUT2D eigenvalue weighted by atomic mass is 32.2. The fourth-order valence-corrected chi connectivity index (χ4v) is 6.85. The average Bonchev–Trinajstić information content (AvgIpc) is 3.47. The number of rotatable bonds is 4. The Hall–Kier alpha value is -1.14. The lowest BCUT2D eigenvalue weighted by molar-refractivity contribution is -0.129. The minimum atomic E-state index is 0.273. The predicted octanol–water partition coefficient (Wildman–Crippen LogP) is 5.04. The molecule has 5 rings (SSSR count). The number of aromatic nitrogens is 2. The number of amides is 1. The van der Waals surface area contributed by atoms with E-state index in [2.05, 4.69) is 18.7 Å². The van der Waals surface area contributed by atoms with E-state index in [-0.39, 0.29) is 5.91 Å². The van der Waals surface area contributed by atoms with Crippen LogP contribution >= 0.6 is 23.1 Å². The summed E-state index contributed by atoms with van der Waals surface area (Å²) in [6.45, 7) is 6.47. The summed E-state index contributed by atoms with van der Waals surface area (Å²) in [5.74, 6) is 3.84. The molecule has 2 aromatic rings. The molecule has 28 heavy (non-hydrogen) atoms. The third kappa shape index (κ3) is 3.70. The van der Waals surface area contributed by atoms with Crippen molar-refractivity contribution in [3.63, 3.8) is 0 Å². The average molecular weight is 416 g/mol. The number of carbonyl (C=O) groups is 1. The second-order valence-electron chi connectivity index (χ2n) is 9.05. The summed E-state index contributed by atoms with van der Waals surface area (Å²) in [6.07, 6.45) is 8.24. The van der Waals surface area contributed by atoms with Crippen LogP contribution in [0.2, 0.25) is 0 Å². The number of fused-ring (bicyclic) bond motifs is 3. The van der Waals surface area contributed by atoms with E-state index in [4.69, 9.17) is 9.97 Å². The maximum absolute atomic E-state index is 12.8. The molecule has 1 saturated carbocycles. The number of carbonyl (C=O) groups excluding carboxylic acids is 1. The fourth-order valence-electron chi connectivity index (χ4n) is 4.43. The molecule has 3 heterocycles. The summed E-state index contributed by atoms with van der Waals surface area (Å²) in [5.41, 5.74) is 1.47. The maximum atomic E-state index is 12.8. The van der Waals surface area contributed by atoms with Crippen molar-refractivity contribution in [2.45, 2.75) is 69.7 Å². The molecule has 150 valence electrons. The Labute approximate surface area is 175 Å². The number of piperidine rings is 1. The Morgan fingerprint density at radius 3 is 2.64 bits per heavy atom. The van der Waals surface area contributed by atoms with Gasteiger partial charge in [0.15, 0.2) is 0 Å². The zero-order valence-corrected chi connectivity index (χ0v) is 18.5. The van der Waals surface area contributed by atoms with E-state index in [1.807, 2.05) is 11.3 Å². The monoisotopic (exact) mass is 415 g/mol. The highest BCUT2D eigenvalue weighted by Crippen LogP contribution is 2.44. The first-order chi connectivity index (χ1) is 13.6. The summed E-state index contributed by atoms with van der Waals surface area (Å²) < 4.78 is 0. The van der Waals surface area contributed by atoms with Gasteiger partial charge >= 0.3 is 0 Å². The van der Waals surface area contributed by atoms with Gasteiger partial charge in [0.05, 0.1) is 5.75 Å². The summed E-state index contributed by atoms with van der Waals surface area (Å²) >= 11 is 3.53. The van der Waals surface area contributed by atoms with E-state index in [9.17, 15) is 4.79 Å². The van der Waals surface area contributed by atoms with Crippen molar-refractivity contribution < 1.29 is 4.79 Å². The normalized spacial score (nSPS) is 23.2. The first-order valence-corrected chi connectivity index (χ1v) is 12.6. The molecule has 2 aliphatic carbocycles. The minimum Gasteiger partial charge on any atom is -0.342 e. The number of hydrogen-bond acceptors (Lipinski definition) is 5. The van der Waals surface area contributed by atoms with Crippen molar-refractivity contribution in [1.82, 2.24) is 14.9 Å². The largest absolute Gasteiger partial charge is 0.342 e. The number of aryl methyl sites for hydroxylation is 1. The molecule has 0 bridgehead atoms. The standard InChI is InChI=1S/C22H29N3OS2/c1-13-7-9-25(10-8-13)18(26)12-27-21-19-16-6-3-14(2)11-17(16)28-22(19)24-20(23-21)15-4-5-15/h13-15H,3-12H2,1-2H3/t14-/m0/s1. The lowest BCUT2D eigenvalue weighted by Gasteiger charge is -2.30.